The van der Waals surface area contributed by atoms with Crippen LogP contribution >= 0.6 is 0 Å². The Morgan fingerprint density at radius 1 is 1.19 bits per heavy atom. The zero-order chi connectivity index (χ0) is 20.2. The average Bonchev–Trinajstić information content (AvgIpc) is 2.56. The maximum Gasteiger partial charge on any atom is 0.328 e. The van der Waals surface area contributed by atoms with Crippen LogP contribution in [-0.2, 0) is 9.59 Å². The van der Waals surface area contributed by atoms with Gasteiger partial charge in [-0.25, -0.2) is 4.79 Å². The normalized spacial score (nSPS) is 11.7. The molecule has 0 atom stereocenters. The lowest BCUT2D eigenvalue weighted by molar-refractivity contribution is -0.131. The van der Waals surface area contributed by atoms with Crippen LogP contribution in [0.1, 0.15) is 49.2 Å². The second-order valence-corrected chi connectivity index (χ2v) is 6.25. The van der Waals surface area contributed by atoms with E-state index in [2.05, 4.69) is 10.3 Å². The lowest BCUT2D eigenvalue weighted by Crippen LogP contribution is -2.34. The highest BCUT2D eigenvalue weighted by atomic mass is 16.4. The number of carboxylic acid groups (broad SMARTS) is 1. The van der Waals surface area contributed by atoms with Crippen LogP contribution in [0.3, 0.4) is 0 Å². The highest BCUT2D eigenvalue weighted by Crippen LogP contribution is 2.02. The first-order valence-electron chi connectivity index (χ1n) is 8.59. The van der Waals surface area contributed by atoms with Crippen LogP contribution in [0, 0.1) is 5.92 Å². The Kier molecular flexibility index (Phi) is 9.22. The number of imide groups is 1. The molecule has 1 heterocycles. The maximum absolute atomic E-state index is 12.1. The van der Waals surface area contributed by atoms with Crippen LogP contribution < -0.4 is 10.7 Å². The van der Waals surface area contributed by atoms with Gasteiger partial charge in [0.15, 0.2) is 5.43 Å². The largest absolute Gasteiger partial charge is 0.478 e. The van der Waals surface area contributed by atoms with Gasteiger partial charge in [0, 0.05) is 30.5 Å². The van der Waals surface area contributed by atoms with E-state index in [0.717, 1.165) is 6.08 Å². The fourth-order valence-corrected chi connectivity index (χ4v) is 2.09. The minimum Gasteiger partial charge on any atom is -0.478 e. The summed E-state index contributed by atoms with van der Waals surface area (Å²) in [6.07, 6.45) is 12.4. The summed E-state index contributed by atoms with van der Waals surface area (Å²) in [7, 11) is 0. The quantitative estimate of drug-likeness (QED) is 0.350. The van der Waals surface area contributed by atoms with Gasteiger partial charge in [0.05, 0.1) is 0 Å². The number of H-pyrrole nitrogens is 1. The molecule has 0 saturated heterocycles. The number of unbranched alkanes of at least 4 members (excludes halogenated alkanes) is 1. The molecule has 0 aliphatic heterocycles. The molecule has 7 nitrogen and oxygen atoms in total. The highest BCUT2D eigenvalue weighted by Gasteiger charge is 2.14. The van der Waals surface area contributed by atoms with Crippen LogP contribution in [0.5, 0.6) is 0 Å². The van der Waals surface area contributed by atoms with Crippen LogP contribution in [0.2, 0.25) is 0 Å². The van der Waals surface area contributed by atoms with E-state index >= 15 is 0 Å². The van der Waals surface area contributed by atoms with Crippen molar-refractivity contribution in [3.05, 3.63) is 64.1 Å². The molecule has 1 aromatic heterocycles. The SMILES string of the molecule is CC(C)CC(=O)NC(=O)c1c[nH]c(C=CCCC=CC=CC(=O)O)cc1=O. The lowest BCUT2D eigenvalue weighted by Gasteiger charge is -2.06. The van der Waals surface area contributed by atoms with E-state index < -0.39 is 23.2 Å². The Labute approximate surface area is 157 Å². The van der Waals surface area contributed by atoms with Gasteiger partial charge >= 0.3 is 5.97 Å². The Balaban J connectivity index is 2.57. The van der Waals surface area contributed by atoms with Crippen molar-refractivity contribution in [3.63, 3.8) is 0 Å². The van der Waals surface area contributed by atoms with Gasteiger partial charge in [-0.3, -0.25) is 19.7 Å². The number of amides is 2. The zero-order valence-electron chi connectivity index (χ0n) is 15.4. The number of aromatic nitrogens is 1. The van der Waals surface area contributed by atoms with Gasteiger partial charge in [0.25, 0.3) is 5.91 Å². The fraction of sp³-hybridized carbons (Fsp3) is 0.300. The van der Waals surface area contributed by atoms with Gasteiger partial charge in [-0.05, 0) is 24.8 Å². The van der Waals surface area contributed by atoms with Gasteiger partial charge in [0.1, 0.15) is 5.56 Å². The van der Waals surface area contributed by atoms with Crippen molar-refractivity contribution in [2.24, 2.45) is 5.92 Å². The van der Waals surface area contributed by atoms with Crippen molar-refractivity contribution in [1.29, 1.82) is 0 Å². The summed E-state index contributed by atoms with van der Waals surface area (Å²) in [5.41, 5.74) is -0.0424. The molecule has 0 fully saturated rings. The zero-order valence-corrected chi connectivity index (χ0v) is 15.4. The van der Waals surface area contributed by atoms with Gasteiger partial charge < -0.3 is 10.1 Å². The van der Waals surface area contributed by atoms with Gasteiger partial charge in [-0.15, -0.1) is 0 Å². The molecule has 0 saturated carbocycles. The number of hydrogen-bond donors (Lipinski definition) is 3. The predicted molar refractivity (Wildman–Crippen MR) is 103 cm³/mol. The minimum atomic E-state index is -0.995. The highest BCUT2D eigenvalue weighted by molar-refractivity contribution is 6.04. The number of rotatable bonds is 9. The number of hydrogen-bond acceptors (Lipinski definition) is 4. The number of allylic oxidation sites excluding steroid dienone is 4. The Bertz CT molecular complexity index is 816. The number of carbonyl (C=O) groups excluding carboxylic acids is 2. The van der Waals surface area contributed by atoms with Crippen LogP contribution in [0.25, 0.3) is 6.08 Å². The maximum atomic E-state index is 12.1. The van der Waals surface area contributed by atoms with Crippen LogP contribution in [-0.4, -0.2) is 27.9 Å². The second-order valence-electron chi connectivity index (χ2n) is 6.25. The monoisotopic (exact) mass is 372 g/mol. The van der Waals surface area contributed by atoms with Gasteiger partial charge in [-0.2, -0.15) is 0 Å². The van der Waals surface area contributed by atoms with Crippen molar-refractivity contribution in [1.82, 2.24) is 10.3 Å². The van der Waals surface area contributed by atoms with Gasteiger partial charge in [0.2, 0.25) is 5.91 Å². The third-order valence-corrected chi connectivity index (χ3v) is 3.31. The number of aromatic amines is 1. The predicted octanol–water partition coefficient (Wildman–Crippen LogP) is 2.67. The van der Waals surface area contributed by atoms with E-state index in [1.807, 2.05) is 26.0 Å². The molecule has 2 amide bonds. The molecule has 0 aliphatic carbocycles. The molecule has 0 unspecified atom stereocenters. The molecule has 0 radical (unpaired) electrons. The number of carboxylic acids is 1. The van der Waals surface area contributed by atoms with E-state index in [0.29, 0.717) is 18.5 Å². The molecular formula is C20H24N2O5. The summed E-state index contributed by atoms with van der Waals surface area (Å²) in [4.78, 5) is 48.8. The molecule has 144 valence electrons. The standard InChI is InChI=1S/C20H24N2O5/c1-14(2)11-18(24)22-20(27)16-13-21-15(12-17(16)23)9-7-5-3-4-6-8-10-19(25)26/h4,6-10,12-14H,3,5,11H2,1-2H3,(H,21,23)(H,25,26)(H,22,24,27). The summed E-state index contributed by atoms with van der Waals surface area (Å²) in [5.74, 6) is -2.00. The number of pyridine rings is 1. The fourth-order valence-electron chi connectivity index (χ4n) is 2.09. The molecule has 0 spiro atoms. The molecule has 7 heteroatoms. The van der Waals surface area contributed by atoms with Crippen LogP contribution in [0.15, 0.2) is 47.4 Å². The summed E-state index contributed by atoms with van der Waals surface area (Å²) in [6, 6.07) is 1.30. The number of carbonyl (C=O) groups is 3. The molecule has 0 bridgehead atoms. The molecule has 1 rings (SSSR count). The van der Waals surface area contributed by atoms with Crippen molar-refractivity contribution in [2.75, 3.05) is 0 Å². The van der Waals surface area contributed by atoms with Crippen molar-refractivity contribution >= 4 is 23.9 Å². The summed E-state index contributed by atoms with van der Waals surface area (Å²) in [6.45, 7) is 3.72. The number of aliphatic carboxylic acids is 1. The smallest absolute Gasteiger partial charge is 0.328 e. The molecule has 3 N–H and O–H groups in total. The van der Waals surface area contributed by atoms with E-state index in [4.69, 9.17) is 5.11 Å². The molecule has 0 aromatic carbocycles. The summed E-state index contributed by atoms with van der Waals surface area (Å²) >= 11 is 0. The third-order valence-electron chi connectivity index (χ3n) is 3.31. The number of nitrogens with one attached hydrogen (secondary N) is 2. The topological polar surface area (TPSA) is 116 Å². The Hall–Kier alpha value is -3.22. The molecule has 27 heavy (non-hydrogen) atoms. The summed E-state index contributed by atoms with van der Waals surface area (Å²) < 4.78 is 0. The molecule has 0 aliphatic rings. The van der Waals surface area contributed by atoms with E-state index in [1.165, 1.54) is 18.3 Å². The van der Waals surface area contributed by atoms with Crippen molar-refractivity contribution in [3.8, 4) is 0 Å². The minimum absolute atomic E-state index is 0.114. The summed E-state index contributed by atoms with van der Waals surface area (Å²) in [5, 5.41) is 10.6. The second kappa shape index (κ2) is 11.4. The average molecular weight is 372 g/mol. The van der Waals surface area contributed by atoms with Crippen molar-refractivity contribution < 1.29 is 19.5 Å². The van der Waals surface area contributed by atoms with Gasteiger partial charge in [-0.1, -0.05) is 38.2 Å². The first-order chi connectivity index (χ1) is 12.8. The first kappa shape index (κ1) is 21.8. The van der Waals surface area contributed by atoms with Crippen molar-refractivity contribution in [2.45, 2.75) is 33.1 Å². The van der Waals surface area contributed by atoms with E-state index in [-0.39, 0.29) is 17.9 Å². The first-order valence-corrected chi connectivity index (χ1v) is 8.59. The Morgan fingerprint density at radius 2 is 1.89 bits per heavy atom. The van der Waals surface area contributed by atoms with Crippen LogP contribution in [0.4, 0.5) is 0 Å². The van der Waals surface area contributed by atoms with E-state index in [1.54, 1.807) is 12.2 Å². The lowest BCUT2D eigenvalue weighted by atomic mass is 10.1. The Morgan fingerprint density at radius 3 is 2.52 bits per heavy atom. The molecule has 1 aromatic rings. The third kappa shape index (κ3) is 9.15. The molecular weight excluding hydrogens is 348 g/mol. The van der Waals surface area contributed by atoms with E-state index in [9.17, 15) is 19.2 Å².